The molecule has 126 valence electrons. The first-order valence-electron chi connectivity index (χ1n) is 7.62. The lowest BCUT2D eigenvalue weighted by Crippen LogP contribution is -2.05. The Morgan fingerprint density at radius 3 is 2.83 bits per heavy atom. The molecular weight excluding hydrogens is 326 g/mol. The lowest BCUT2D eigenvalue weighted by Gasteiger charge is -2.09. The highest BCUT2D eigenvalue weighted by Crippen LogP contribution is 2.27. The predicted molar refractivity (Wildman–Crippen MR) is 93.4 cm³/mol. The second-order valence-electron chi connectivity index (χ2n) is 5.61. The van der Waals surface area contributed by atoms with Crippen molar-refractivity contribution in [2.75, 3.05) is 13.7 Å². The molecule has 1 aromatic carbocycles. The van der Waals surface area contributed by atoms with Gasteiger partial charge in [0.25, 0.3) is 0 Å². The van der Waals surface area contributed by atoms with Crippen molar-refractivity contribution >= 4 is 22.7 Å². The molecule has 0 fully saturated rings. The molecule has 0 aliphatic rings. The summed E-state index contributed by atoms with van der Waals surface area (Å²) < 4.78 is 12.4. The maximum absolute atomic E-state index is 11.8. The summed E-state index contributed by atoms with van der Waals surface area (Å²) in [5, 5.41) is 9.86. The number of benzene rings is 1. The molecule has 0 atom stereocenters. The molecule has 24 heavy (non-hydrogen) atoms. The molecule has 3 rings (SSSR count). The van der Waals surface area contributed by atoms with E-state index < -0.39 is 0 Å². The maximum Gasteiger partial charge on any atom is 0.336 e. The van der Waals surface area contributed by atoms with Crippen LogP contribution in [0.15, 0.2) is 38.9 Å². The maximum atomic E-state index is 11.8. The van der Waals surface area contributed by atoms with E-state index >= 15 is 0 Å². The van der Waals surface area contributed by atoms with E-state index in [1.54, 1.807) is 31.3 Å². The van der Waals surface area contributed by atoms with Gasteiger partial charge in [-0.05, 0) is 42.7 Å². The summed E-state index contributed by atoms with van der Waals surface area (Å²) in [6, 6.07) is 5.54. The topological polar surface area (TPSA) is 70.2 Å². The second kappa shape index (κ2) is 7.19. The molecular formula is C17H19N3O3S. The monoisotopic (exact) mass is 345 g/mol. The van der Waals surface area contributed by atoms with Crippen LogP contribution < -0.4 is 5.63 Å². The number of methoxy groups -OCH3 is 1. The highest BCUT2D eigenvalue weighted by molar-refractivity contribution is 7.98. The smallest absolute Gasteiger partial charge is 0.336 e. The summed E-state index contributed by atoms with van der Waals surface area (Å²) >= 11 is 1.54. The Balaban J connectivity index is 1.89. The quantitative estimate of drug-likeness (QED) is 0.505. The molecule has 0 amide bonds. The van der Waals surface area contributed by atoms with Crippen LogP contribution in [0.2, 0.25) is 0 Å². The lowest BCUT2D eigenvalue weighted by atomic mass is 10.0. The highest BCUT2D eigenvalue weighted by Gasteiger charge is 2.11. The van der Waals surface area contributed by atoms with Crippen LogP contribution in [0, 0.1) is 13.8 Å². The average molecular weight is 345 g/mol. The van der Waals surface area contributed by atoms with Gasteiger partial charge < -0.3 is 13.7 Å². The molecule has 0 spiro atoms. The number of fused-ring (bicyclic) bond motifs is 1. The largest absolute Gasteiger partial charge is 0.423 e. The van der Waals surface area contributed by atoms with E-state index in [9.17, 15) is 4.79 Å². The zero-order valence-electron chi connectivity index (χ0n) is 13.9. The van der Waals surface area contributed by atoms with E-state index in [2.05, 4.69) is 23.2 Å². The van der Waals surface area contributed by atoms with Crippen molar-refractivity contribution in [3.63, 3.8) is 0 Å². The zero-order valence-corrected chi connectivity index (χ0v) is 14.7. The normalized spacial score (nSPS) is 11.3. The molecule has 0 unspecified atom stereocenters. The van der Waals surface area contributed by atoms with Gasteiger partial charge in [0.2, 0.25) is 0 Å². The molecule has 0 aliphatic carbocycles. The summed E-state index contributed by atoms with van der Waals surface area (Å²) in [7, 11) is 1.66. The third-order valence-corrected chi connectivity index (χ3v) is 4.95. The third-order valence-electron chi connectivity index (χ3n) is 3.92. The van der Waals surface area contributed by atoms with E-state index in [0.717, 1.165) is 21.7 Å². The first kappa shape index (κ1) is 16.7. The van der Waals surface area contributed by atoms with E-state index in [-0.39, 0.29) is 5.63 Å². The molecule has 2 heterocycles. The van der Waals surface area contributed by atoms with Gasteiger partial charge in [0.1, 0.15) is 11.9 Å². The van der Waals surface area contributed by atoms with Gasteiger partial charge in [-0.1, -0.05) is 11.8 Å². The van der Waals surface area contributed by atoms with Crippen molar-refractivity contribution in [2.24, 2.45) is 0 Å². The van der Waals surface area contributed by atoms with E-state index in [1.165, 1.54) is 5.56 Å². The number of nitrogens with zero attached hydrogens (tertiary/aromatic N) is 3. The summed E-state index contributed by atoms with van der Waals surface area (Å²) in [5.74, 6) is 0.621. The Hall–Kier alpha value is -2.12. The first-order chi connectivity index (χ1) is 11.6. The number of thioether (sulfide) groups is 1. The van der Waals surface area contributed by atoms with Crippen LogP contribution >= 0.6 is 11.8 Å². The minimum atomic E-state index is -0.331. The Kier molecular flexibility index (Phi) is 5.01. The average Bonchev–Trinajstić information content (AvgIpc) is 2.99. The van der Waals surface area contributed by atoms with Gasteiger partial charge in [-0.25, -0.2) is 4.79 Å². The van der Waals surface area contributed by atoms with Crippen molar-refractivity contribution < 1.29 is 9.15 Å². The van der Waals surface area contributed by atoms with Crippen LogP contribution in [0.3, 0.4) is 0 Å². The Morgan fingerprint density at radius 1 is 1.25 bits per heavy atom. The molecule has 3 aromatic rings. The molecule has 2 aromatic heterocycles. The van der Waals surface area contributed by atoms with Gasteiger partial charge in [0, 0.05) is 30.9 Å². The lowest BCUT2D eigenvalue weighted by molar-refractivity contribution is 0.184. The molecule has 0 N–H and O–H groups in total. The van der Waals surface area contributed by atoms with Gasteiger partial charge in [-0.15, -0.1) is 10.2 Å². The van der Waals surface area contributed by atoms with Crippen molar-refractivity contribution in [2.45, 2.75) is 31.3 Å². The minimum absolute atomic E-state index is 0.331. The van der Waals surface area contributed by atoms with Gasteiger partial charge in [0.15, 0.2) is 5.16 Å². The van der Waals surface area contributed by atoms with Gasteiger partial charge in [-0.2, -0.15) is 0 Å². The van der Waals surface area contributed by atoms with Crippen LogP contribution in [0.5, 0.6) is 0 Å². The summed E-state index contributed by atoms with van der Waals surface area (Å²) in [6.45, 7) is 5.36. The van der Waals surface area contributed by atoms with Gasteiger partial charge >= 0.3 is 5.63 Å². The fraction of sp³-hybridized carbons (Fsp3) is 0.353. The fourth-order valence-corrected chi connectivity index (χ4v) is 3.38. The van der Waals surface area contributed by atoms with Crippen LogP contribution in [0.4, 0.5) is 0 Å². The van der Waals surface area contributed by atoms with Crippen molar-refractivity contribution in [3.05, 3.63) is 51.6 Å². The Morgan fingerprint density at radius 2 is 2.04 bits per heavy atom. The predicted octanol–water partition coefficient (Wildman–Crippen LogP) is 2.94. The molecule has 0 aliphatic heterocycles. The number of hydrogen-bond acceptors (Lipinski definition) is 6. The molecule has 0 radical (unpaired) electrons. The molecule has 0 saturated heterocycles. The number of hydrogen-bond donors (Lipinski definition) is 0. The molecule has 0 bridgehead atoms. The van der Waals surface area contributed by atoms with Gasteiger partial charge in [-0.3, -0.25) is 0 Å². The van der Waals surface area contributed by atoms with E-state index in [1.807, 2.05) is 17.6 Å². The number of ether oxygens (including phenoxy) is 1. The fourth-order valence-electron chi connectivity index (χ4n) is 2.44. The third kappa shape index (κ3) is 3.52. The first-order valence-corrected chi connectivity index (χ1v) is 8.60. The van der Waals surface area contributed by atoms with Crippen LogP contribution in [-0.2, 0) is 17.0 Å². The summed E-state index contributed by atoms with van der Waals surface area (Å²) in [5.41, 5.74) is 3.51. The molecule has 7 heteroatoms. The Labute approximate surface area is 143 Å². The van der Waals surface area contributed by atoms with Crippen molar-refractivity contribution in [3.8, 4) is 0 Å². The SMILES string of the molecule is COCCn1cnnc1SCc1cc(=O)oc2cc(C)c(C)cc12. The number of aromatic nitrogens is 3. The second-order valence-corrected chi connectivity index (χ2v) is 6.55. The van der Waals surface area contributed by atoms with Crippen LogP contribution in [0.25, 0.3) is 11.0 Å². The summed E-state index contributed by atoms with van der Waals surface area (Å²) in [6.07, 6.45) is 1.69. The van der Waals surface area contributed by atoms with Crippen LogP contribution in [-0.4, -0.2) is 28.5 Å². The zero-order chi connectivity index (χ0) is 17.1. The number of rotatable bonds is 6. The number of aryl methyl sites for hydroxylation is 2. The van der Waals surface area contributed by atoms with E-state index in [0.29, 0.717) is 24.5 Å². The van der Waals surface area contributed by atoms with Crippen molar-refractivity contribution in [1.29, 1.82) is 0 Å². The summed E-state index contributed by atoms with van der Waals surface area (Å²) in [4.78, 5) is 11.8. The highest BCUT2D eigenvalue weighted by atomic mass is 32.2. The van der Waals surface area contributed by atoms with E-state index in [4.69, 9.17) is 9.15 Å². The standard InChI is InChI=1S/C17H19N3O3S/c1-11-6-14-13(8-16(21)23-15(14)7-12(11)2)9-24-17-19-18-10-20(17)4-5-22-3/h6-8,10H,4-5,9H2,1-3H3. The molecule has 0 saturated carbocycles. The Bertz CT molecular complexity index is 917. The minimum Gasteiger partial charge on any atom is -0.423 e. The van der Waals surface area contributed by atoms with Crippen molar-refractivity contribution in [1.82, 2.24) is 14.8 Å². The molecule has 6 nitrogen and oxygen atoms in total. The van der Waals surface area contributed by atoms with Gasteiger partial charge in [0.05, 0.1) is 6.61 Å². The van der Waals surface area contributed by atoms with Crippen LogP contribution in [0.1, 0.15) is 16.7 Å².